The zero-order valence-electron chi connectivity index (χ0n) is 7.15. The van der Waals surface area contributed by atoms with Gasteiger partial charge in [0, 0.05) is 0 Å². The molecule has 1 aromatic heterocycles. The molecule has 0 aliphatic carbocycles. The number of hydrogen-bond donors (Lipinski definition) is 2. The Labute approximate surface area is 73.6 Å². The van der Waals surface area contributed by atoms with Crippen LogP contribution in [0.1, 0.15) is 12.5 Å². The Hall–Kier alpha value is -1.58. The third kappa shape index (κ3) is 1.24. The average Bonchev–Trinajstić information content (AvgIpc) is 2.46. The van der Waals surface area contributed by atoms with Gasteiger partial charge in [-0.2, -0.15) is 0 Å². The van der Waals surface area contributed by atoms with Crippen molar-refractivity contribution >= 4 is 11.0 Å². The minimum absolute atomic E-state index is 0.252. The predicted octanol–water partition coefficient (Wildman–Crippen LogP) is 1.56. The molecule has 1 heterocycles. The van der Waals surface area contributed by atoms with Crippen molar-refractivity contribution < 1.29 is 4.39 Å². The predicted molar refractivity (Wildman–Crippen MR) is 48.3 cm³/mol. The molecule has 0 fully saturated rings. The van der Waals surface area contributed by atoms with Gasteiger partial charge in [-0.05, 0) is 24.1 Å². The summed E-state index contributed by atoms with van der Waals surface area (Å²) >= 11 is 0. The summed E-state index contributed by atoms with van der Waals surface area (Å²) in [5, 5.41) is 0. The van der Waals surface area contributed by atoms with Crippen LogP contribution in [0.3, 0.4) is 0 Å². The molecule has 2 rings (SSSR count). The van der Waals surface area contributed by atoms with Gasteiger partial charge in [0.1, 0.15) is 11.3 Å². The lowest BCUT2D eigenvalue weighted by Gasteiger charge is -1.97. The summed E-state index contributed by atoms with van der Waals surface area (Å²) in [7, 11) is 0. The third-order valence-corrected chi connectivity index (χ3v) is 2.04. The zero-order valence-corrected chi connectivity index (χ0v) is 7.15. The van der Waals surface area contributed by atoms with E-state index in [0.717, 1.165) is 12.0 Å². The lowest BCUT2D eigenvalue weighted by Crippen LogP contribution is -1.99. The SMILES string of the molecule is CCc1cc(F)c2[nH]c(=O)[nH]c2c1. The molecule has 68 valence electrons. The van der Waals surface area contributed by atoms with Crippen molar-refractivity contribution in [1.82, 2.24) is 9.97 Å². The van der Waals surface area contributed by atoms with Gasteiger partial charge in [0.25, 0.3) is 0 Å². The smallest absolute Gasteiger partial charge is 0.306 e. The van der Waals surface area contributed by atoms with E-state index in [-0.39, 0.29) is 17.0 Å². The molecule has 1 aromatic carbocycles. The molecule has 0 atom stereocenters. The van der Waals surface area contributed by atoms with E-state index >= 15 is 0 Å². The van der Waals surface area contributed by atoms with Crippen LogP contribution in [0.4, 0.5) is 4.39 Å². The lowest BCUT2D eigenvalue weighted by atomic mass is 10.1. The summed E-state index contributed by atoms with van der Waals surface area (Å²) in [6.45, 7) is 1.94. The molecule has 13 heavy (non-hydrogen) atoms. The van der Waals surface area contributed by atoms with Crippen molar-refractivity contribution in [1.29, 1.82) is 0 Å². The van der Waals surface area contributed by atoms with Gasteiger partial charge in [0.15, 0.2) is 0 Å². The first-order valence-electron chi connectivity index (χ1n) is 4.11. The minimum Gasteiger partial charge on any atom is -0.306 e. The highest BCUT2D eigenvalue weighted by molar-refractivity contribution is 5.75. The Morgan fingerprint density at radius 3 is 2.85 bits per heavy atom. The van der Waals surface area contributed by atoms with Gasteiger partial charge in [-0.25, -0.2) is 9.18 Å². The number of benzene rings is 1. The molecular weight excluding hydrogens is 171 g/mol. The highest BCUT2D eigenvalue weighted by Gasteiger charge is 2.05. The molecule has 4 heteroatoms. The van der Waals surface area contributed by atoms with Crippen LogP contribution in [0.25, 0.3) is 11.0 Å². The van der Waals surface area contributed by atoms with Crippen molar-refractivity contribution in [3.8, 4) is 0 Å². The van der Waals surface area contributed by atoms with Gasteiger partial charge in [-0.3, -0.25) is 0 Å². The molecule has 0 spiro atoms. The Bertz CT molecular complexity index is 498. The van der Waals surface area contributed by atoms with E-state index in [1.807, 2.05) is 6.92 Å². The maximum Gasteiger partial charge on any atom is 0.323 e. The number of imidazole rings is 1. The van der Waals surface area contributed by atoms with Gasteiger partial charge in [-0.1, -0.05) is 6.92 Å². The average molecular weight is 180 g/mol. The number of halogens is 1. The lowest BCUT2D eigenvalue weighted by molar-refractivity contribution is 0.635. The number of H-pyrrole nitrogens is 2. The fraction of sp³-hybridized carbons (Fsp3) is 0.222. The Morgan fingerprint density at radius 2 is 2.15 bits per heavy atom. The third-order valence-electron chi connectivity index (χ3n) is 2.04. The Kier molecular flexibility index (Phi) is 1.69. The van der Waals surface area contributed by atoms with Gasteiger partial charge in [0.2, 0.25) is 0 Å². The van der Waals surface area contributed by atoms with Crippen molar-refractivity contribution in [3.63, 3.8) is 0 Å². The van der Waals surface area contributed by atoms with E-state index in [9.17, 15) is 9.18 Å². The van der Waals surface area contributed by atoms with Crippen LogP contribution in [-0.2, 0) is 6.42 Å². The van der Waals surface area contributed by atoms with Gasteiger partial charge < -0.3 is 9.97 Å². The summed E-state index contributed by atoms with van der Waals surface area (Å²) < 4.78 is 13.3. The first-order chi connectivity index (χ1) is 6.20. The molecule has 2 aromatic rings. The minimum atomic E-state index is -0.382. The maximum atomic E-state index is 13.3. The van der Waals surface area contributed by atoms with Crippen molar-refractivity contribution in [2.75, 3.05) is 0 Å². The van der Waals surface area contributed by atoms with Crippen molar-refractivity contribution in [2.45, 2.75) is 13.3 Å². The Morgan fingerprint density at radius 1 is 1.38 bits per heavy atom. The van der Waals surface area contributed by atoms with Crippen LogP contribution >= 0.6 is 0 Å². The zero-order chi connectivity index (χ0) is 9.42. The molecule has 0 unspecified atom stereocenters. The highest BCUT2D eigenvalue weighted by Crippen LogP contribution is 2.15. The maximum absolute atomic E-state index is 13.3. The van der Waals surface area contributed by atoms with Gasteiger partial charge in [0.05, 0.1) is 5.52 Å². The van der Waals surface area contributed by atoms with Gasteiger partial charge in [-0.15, -0.1) is 0 Å². The quantitative estimate of drug-likeness (QED) is 0.687. The molecule has 0 bridgehead atoms. The van der Waals surface area contributed by atoms with Crippen LogP contribution in [0, 0.1) is 5.82 Å². The number of aryl methyl sites for hydroxylation is 1. The summed E-state index contributed by atoms with van der Waals surface area (Å²) in [6.07, 6.45) is 0.750. The molecule has 2 N–H and O–H groups in total. The molecule has 0 saturated carbocycles. The molecule has 0 amide bonds. The second-order valence-electron chi connectivity index (χ2n) is 2.93. The molecule has 0 aliphatic heterocycles. The second kappa shape index (κ2) is 2.73. The molecule has 0 radical (unpaired) electrons. The van der Waals surface area contributed by atoms with E-state index in [1.165, 1.54) is 6.07 Å². The van der Waals surface area contributed by atoms with E-state index in [0.29, 0.717) is 5.52 Å². The molecule has 0 saturated heterocycles. The summed E-state index contributed by atoms with van der Waals surface area (Å²) in [5.41, 5.74) is 1.28. The number of fused-ring (bicyclic) bond motifs is 1. The summed E-state index contributed by atoms with van der Waals surface area (Å²) in [5.74, 6) is -0.382. The van der Waals surface area contributed by atoms with E-state index in [2.05, 4.69) is 9.97 Å². The second-order valence-corrected chi connectivity index (χ2v) is 2.93. The van der Waals surface area contributed by atoms with Gasteiger partial charge >= 0.3 is 5.69 Å². The summed E-state index contributed by atoms with van der Waals surface area (Å²) in [6, 6.07) is 3.21. The van der Waals surface area contributed by atoms with Crippen LogP contribution in [0.15, 0.2) is 16.9 Å². The monoisotopic (exact) mass is 180 g/mol. The Balaban J connectivity index is 2.83. The number of aromatic nitrogens is 2. The first-order valence-corrected chi connectivity index (χ1v) is 4.11. The van der Waals surface area contributed by atoms with Crippen molar-refractivity contribution in [2.24, 2.45) is 0 Å². The van der Waals surface area contributed by atoms with Crippen LogP contribution in [0.5, 0.6) is 0 Å². The highest BCUT2D eigenvalue weighted by atomic mass is 19.1. The van der Waals surface area contributed by atoms with E-state index in [4.69, 9.17) is 0 Å². The van der Waals surface area contributed by atoms with Crippen LogP contribution in [0.2, 0.25) is 0 Å². The standard InChI is InChI=1S/C9H9FN2O/c1-2-5-3-6(10)8-7(4-5)11-9(13)12-8/h3-4H,2H2,1H3,(H2,11,12,13). The first kappa shape index (κ1) is 8.04. The van der Waals surface area contributed by atoms with E-state index < -0.39 is 0 Å². The van der Waals surface area contributed by atoms with E-state index in [1.54, 1.807) is 6.07 Å². The molecule has 3 nitrogen and oxygen atoms in total. The fourth-order valence-corrected chi connectivity index (χ4v) is 1.36. The largest absolute Gasteiger partial charge is 0.323 e. The normalized spacial score (nSPS) is 10.9. The fourth-order valence-electron chi connectivity index (χ4n) is 1.36. The van der Waals surface area contributed by atoms with Crippen molar-refractivity contribution in [3.05, 3.63) is 34.0 Å². The molecular formula is C9H9FN2O. The number of hydrogen-bond acceptors (Lipinski definition) is 1. The topological polar surface area (TPSA) is 48.6 Å². The van der Waals surface area contributed by atoms with Crippen LogP contribution < -0.4 is 5.69 Å². The molecule has 0 aliphatic rings. The summed E-state index contributed by atoms with van der Waals surface area (Å²) in [4.78, 5) is 15.8. The number of aromatic amines is 2. The number of nitrogens with one attached hydrogen (secondary N) is 2. The van der Waals surface area contributed by atoms with Crippen LogP contribution in [-0.4, -0.2) is 9.97 Å². The number of rotatable bonds is 1.